The second-order valence-corrected chi connectivity index (χ2v) is 8.55. The number of ether oxygens (including phenoxy) is 1. The maximum atomic E-state index is 9.91. The first-order valence-electron chi connectivity index (χ1n) is 10.6. The van der Waals surface area contributed by atoms with Gasteiger partial charge in [-0.3, -0.25) is 0 Å². The largest absolute Gasteiger partial charge is 0.367 e. The van der Waals surface area contributed by atoms with Gasteiger partial charge in [-0.25, -0.2) is 0 Å². The van der Waals surface area contributed by atoms with Crippen LogP contribution in [0, 0.1) is 22.7 Å². The average molecular weight is 364 g/mol. The van der Waals surface area contributed by atoms with Gasteiger partial charge in [-0.2, -0.15) is 5.26 Å². The number of nitriles is 1. The number of hydrogen-bond acceptors (Lipinski definition) is 2. The second-order valence-electron chi connectivity index (χ2n) is 8.55. The normalized spacial score (nSPS) is 32.9. The number of allylic oxidation sites excluding steroid dienone is 2. The Hall–Kier alpha value is -1.85. The van der Waals surface area contributed by atoms with Crippen molar-refractivity contribution in [3.63, 3.8) is 0 Å². The van der Waals surface area contributed by atoms with Crippen LogP contribution in [0.5, 0.6) is 0 Å². The van der Waals surface area contributed by atoms with E-state index in [9.17, 15) is 5.26 Å². The zero-order valence-corrected chi connectivity index (χ0v) is 16.9. The van der Waals surface area contributed by atoms with Gasteiger partial charge in [0.25, 0.3) is 0 Å². The van der Waals surface area contributed by atoms with E-state index in [4.69, 9.17) is 4.74 Å². The molecule has 2 aliphatic rings. The van der Waals surface area contributed by atoms with Gasteiger partial charge in [0.2, 0.25) is 0 Å². The van der Waals surface area contributed by atoms with E-state index in [0.717, 1.165) is 38.7 Å². The van der Waals surface area contributed by atoms with Crippen molar-refractivity contribution in [2.45, 2.75) is 70.3 Å². The third-order valence-electron chi connectivity index (χ3n) is 6.25. The lowest BCUT2D eigenvalue weighted by atomic mass is 9.67. The molecule has 144 valence electrons. The zero-order valence-electron chi connectivity index (χ0n) is 16.9. The fourth-order valence-corrected chi connectivity index (χ4v) is 4.66. The van der Waals surface area contributed by atoms with Crippen LogP contribution in [-0.2, 0) is 4.74 Å². The molecule has 0 N–H and O–H groups in total. The molecule has 0 saturated heterocycles. The minimum absolute atomic E-state index is 0.168. The van der Waals surface area contributed by atoms with Crippen LogP contribution >= 0.6 is 0 Å². The van der Waals surface area contributed by atoms with E-state index in [2.05, 4.69) is 74.6 Å². The summed E-state index contributed by atoms with van der Waals surface area (Å²) in [7, 11) is 0. The van der Waals surface area contributed by atoms with E-state index in [-0.39, 0.29) is 11.0 Å². The van der Waals surface area contributed by atoms with E-state index in [1.54, 1.807) is 0 Å². The minimum atomic E-state index is -0.355. The molecule has 0 aliphatic heterocycles. The fraction of sp³-hybridized carbons (Fsp3) is 0.560. The van der Waals surface area contributed by atoms with Crippen molar-refractivity contribution in [1.29, 1.82) is 5.26 Å². The second kappa shape index (κ2) is 8.89. The van der Waals surface area contributed by atoms with Crippen molar-refractivity contribution in [3.05, 3.63) is 60.2 Å². The first kappa shape index (κ1) is 19.9. The first-order chi connectivity index (χ1) is 13.1. The SMILES string of the molecule is CCCOC1(CCC2(C#N)CCCC(C)C2)C=CC(c2ccccc2)C=C1. The molecule has 0 heterocycles. The minimum Gasteiger partial charge on any atom is -0.367 e. The summed E-state index contributed by atoms with van der Waals surface area (Å²) in [5.41, 5.74) is 0.785. The summed E-state index contributed by atoms with van der Waals surface area (Å²) in [5.74, 6) is 0.968. The standard InChI is InChI=1S/C25H33NO/c1-3-18-27-25(17-16-24(20-26)13-7-8-21(2)19-24)14-11-23(12-15-25)22-9-5-4-6-10-22/h4-6,9-12,14-15,21,23H,3,7-8,13,16-19H2,1-2H3. The highest BCUT2D eigenvalue weighted by molar-refractivity contribution is 5.35. The summed E-state index contributed by atoms with van der Waals surface area (Å²) < 4.78 is 6.33. The van der Waals surface area contributed by atoms with Crippen molar-refractivity contribution in [3.8, 4) is 6.07 Å². The zero-order chi connectivity index (χ0) is 19.2. The lowest BCUT2D eigenvalue weighted by Gasteiger charge is -2.38. The Bertz CT molecular complexity index is 685. The van der Waals surface area contributed by atoms with E-state index in [1.165, 1.54) is 18.4 Å². The van der Waals surface area contributed by atoms with Crippen molar-refractivity contribution in [1.82, 2.24) is 0 Å². The van der Waals surface area contributed by atoms with Gasteiger partial charge in [-0.05, 0) is 43.6 Å². The van der Waals surface area contributed by atoms with Crippen LogP contribution in [0.4, 0.5) is 0 Å². The molecule has 2 atom stereocenters. The molecule has 3 rings (SSSR count). The number of hydrogen-bond donors (Lipinski definition) is 0. The van der Waals surface area contributed by atoms with E-state index in [0.29, 0.717) is 11.8 Å². The molecular weight excluding hydrogens is 330 g/mol. The first-order valence-corrected chi connectivity index (χ1v) is 10.6. The fourth-order valence-electron chi connectivity index (χ4n) is 4.66. The number of rotatable bonds is 7. The van der Waals surface area contributed by atoms with Crippen LogP contribution in [0.2, 0.25) is 0 Å². The Morgan fingerprint density at radius 2 is 1.89 bits per heavy atom. The van der Waals surface area contributed by atoms with Crippen molar-refractivity contribution >= 4 is 0 Å². The topological polar surface area (TPSA) is 33.0 Å². The van der Waals surface area contributed by atoms with Crippen LogP contribution in [-0.4, -0.2) is 12.2 Å². The van der Waals surface area contributed by atoms with Gasteiger partial charge in [0.05, 0.1) is 11.5 Å². The molecule has 0 bridgehead atoms. The summed E-state index contributed by atoms with van der Waals surface area (Å²) in [6.45, 7) is 5.19. The molecule has 1 aromatic carbocycles. The maximum Gasteiger partial charge on any atom is 0.104 e. The molecule has 1 fully saturated rings. The highest BCUT2D eigenvalue weighted by atomic mass is 16.5. The average Bonchev–Trinajstić information content (AvgIpc) is 2.72. The summed E-state index contributed by atoms with van der Waals surface area (Å²) in [4.78, 5) is 0. The molecule has 2 heteroatoms. The van der Waals surface area contributed by atoms with Gasteiger partial charge >= 0.3 is 0 Å². The van der Waals surface area contributed by atoms with Crippen molar-refractivity contribution in [2.75, 3.05) is 6.61 Å². The number of benzene rings is 1. The Balaban J connectivity index is 1.72. The number of nitrogens with zero attached hydrogens (tertiary/aromatic N) is 1. The monoisotopic (exact) mass is 363 g/mol. The lowest BCUT2D eigenvalue weighted by molar-refractivity contribution is 0.00991. The third-order valence-corrected chi connectivity index (χ3v) is 6.25. The summed E-state index contributed by atoms with van der Waals surface area (Å²) in [6, 6.07) is 13.3. The Labute approximate surface area is 164 Å². The molecule has 0 aromatic heterocycles. The Morgan fingerprint density at radius 1 is 1.15 bits per heavy atom. The molecule has 2 nitrogen and oxygen atoms in total. The van der Waals surface area contributed by atoms with Gasteiger partial charge in [0.1, 0.15) is 5.60 Å². The highest BCUT2D eigenvalue weighted by Gasteiger charge is 2.38. The van der Waals surface area contributed by atoms with Crippen LogP contribution < -0.4 is 0 Å². The van der Waals surface area contributed by atoms with Gasteiger partial charge in [0.15, 0.2) is 0 Å². The smallest absolute Gasteiger partial charge is 0.104 e. The lowest BCUT2D eigenvalue weighted by Crippen LogP contribution is -2.34. The van der Waals surface area contributed by atoms with Crippen molar-refractivity contribution < 1.29 is 4.74 Å². The van der Waals surface area contributed by atoms with Gasteiger partial charge in [-0.15, -0.1) is 0 Å². The molecule has 0 spiro atoms. The summed E-state index contributed by atoms with van der Waals surface area (Å²) in [6.07, 6.45) is 16.4. The van der Waals surface area contributed by atoms with E-state index < -0.39 is 0 Å². The molecule has 0 radical (unpaired) electrons. The summed E-state index contributed by atoms with van der Waals surface area (Å²) >= 11 is 0. The Morgan fingerprint density at radius 3 is 2.52 bits per heavy atom. The summed E-state index contributed by atoms with van der Waals surface area (Å²) in [5, 5.41) is 9.91. The van der Waals surface area contributed by atoms with Gasteiger partial charge in [0, 0.05) is 12.5 Å². The Kier molecular flexibility index (Phi) is 6.55. The molecule has 0 amide bonds. The van der Waals surface area contributed by atoms with Crippen molar-refractivity contribution in [2.24, 2.45) is 11.3 Å². The predicted molar refractivity (Wildman–Crippen MR) is 111 cm³/mol. The van der Waals surface area contributed by atoms with E-state index >= 15 is 0 Å². The van der Waals surface area contributed by atoms with Gasteiger partial charge in [-0.1, -0.05) is 81.3 Å². The molecule has 1 aromatic rings. The molecule has 2 aliphatic carbocycles. The van der Waals surface area contributed by atoms with Gasteiger partial charge < -0.3 is 4.74 Å². The highest BCUT2D eigenvalue weighted by Crippen LogP contribution is 2.44. The van der Waals surface area contributed by atoms with Crippen LogP contribution in [0.1, 0.15) is 70.3 Å². The van der Waals surface area contributed by atoms with E-state index in [1.807, 2.05) is 0 Å². The maximum absolute atomic E-state index is 9.91. The predicted octanol–water partition coefficient (Wildman–Crippen LogP) is 6.56. The quantitative estimate of drug-likeness (QED) is 0.514. The van der Waals surface area contributed by atoms with Crippen LogP contribution in [0.3, 0.4) is 0 Å². The molecule has 1 saturated carbocycles. The van der Waals surface area contributed by atoms with Crippen LogP contribution in [0.25, 0.3) is 0 Å². The molecule has 27 heavy (non-hydrogen) atoms. The molecule has 2 unspecified atom stereocenters. The van der Waals surface area contributed by atoms with Crippen LogP contribution in [0.15, 0.2) is 54.6 Å². The molecular formula is C25H33NO. The third kappa shape index (κ3) is 4.90.